The van der Waals surface area contributed by atoms with Crippen LogP contribution in [0.15, 0.2) is 65.4 Å². The first-order chi connectivity index (χ1) is 10.3. The topological polar surface area (TPSA) is 42.8 Å². The maximum Gasteiger partial charge on any atom is 0.319 e. The molecule has 1 aliphatic rings. The van der Waals surface area contributed by atoms with Crippen LogP contribution in [0.2, 0.25) is 0 Å². The van der Waals surface area contributed by atoms with Crippen molar-refractivity contribution in [3.8, 4) is 0 Å². The van der Waals surface area contributed by atoms with E-state index in [-0.39, 0.29) is 6.10 Å². The second-order valence-electron chi connectivity index (χ2n) is 4.97. The maximum absolute atomic E-state index is 6.09. The highest BCUT2D eigenvalue weighted by molar-refractivity contribution is 7.58. The lowest BCUT2D eigenvalue weighted by molar-refractivity contribution is 0.116. The Labute approximate surface area is 125 Å². The Morgan fingerprint density at radius 3 is 2.38 bits per heavy atom. The molecule has 0 saturated carbocycles. The molecular formula is C16H19N2O2P. The molecule has 4 nitrogen and oxygen atoms in total. The van der Waals surface area contributed by atoms with Gasteiger partial charge < -0.3 is 14.1 Å². The Kier molecular flexibility index (Phi) is 4.39. The van der Waals surface area contributed by atoms with Crippen molar-refractivity contribution in [3.05, 3.63) is 60.7 Å². The Balaban J connectivity index is 1.97. The van der Waals surface area contributed by atoms with E-state index in [4.69, 9.17) is 13.8 Å². The molecule has 0 spiro atoms. The smallest absolute Gasteiger partial charge is 0.309 e. The van der Waals surface area contributed by atoms with E-state index in [0.717, 1.165) is 17.8 Å². The summed E-state index contributed by atoms with van der Waals surface area (Å²) < 4.78 is 16.8. The van der Waals surface area contributed by atoms with Gasteiger partial charge in [0.05, 0.1) is 18.4 Å². The third-order valence-electron chi connectivity index (χ3n) is 3.16. The second-order valence-corrected chi connectivity index (χ2v) is 6.91. The van der Waals surface area contributed by atoms with Gasteiger partial charge >= 0.3 is 7.66 Å². The van der Waals surface area contributed by atoms with Crippen molar-refractivity contribution in [2.75, 3.05) is 11.7 Å². The number of para-hydroxylation sites is 1. The molecule has 21 heavy (non-hydrogen) atoms. The summed E-state index contributed by atoms with van der Waals surface area (Å²) in [6.45, 7) is 2.72. The van der Waals surface area contributed by atoms with Crippen LogP contribution in [-0.4, -0.2) is 12.7 Å². The first-order valence-corrected chi connectivity index (χ1v) is 8.67. The quantitative estimate of drug-likeness (QED) is 0.792. The number of anilines is 1. The number of hydrogen-bond acceptors (Lipinski definition) is 3. The standard InChI is InChI=1S/C16H19N2O2P/c1-14-12-13-19-21(20-14,17-15-8-4-2-5-9-15)18-16-10-6-3-7-11-16/h2-11,14,17H,12-13H2,1H3. The van der Waals surface area contributed by atoms with Crippen LogP contribution < -0.4 is 5.09 Å². The molecule has 3 rings (SSSR count). The molecule has 0 aliphatic carbocycles. The van der Waals surface area contributed by atoms with Crippen LogP contribution in [0.4, 0.5) is 11.4 Å². The summed E-state index contributed by atoms with van der Waals surface area (Å²) >= 11 is 0. The molecule has 110 valence electrons. The molecule has 0 aromatic heterocycles. The molecule has 5 heteroatoms. The van der Waals surface area contributed by atoms with E-state index in [1.807, 2.05) is 60.7 Å². The van der Waals surface area contributed by atoms with Gasteiger partial charge in [0.25, 0.3) is 0 Å². The van der Waals surface area contributed by atoms with Crippen molar-refractivity contribution in [2.24, 2.45) is 4.74 Å². The molecule has 0 amide bonds. The van der Waals surface area contributed by atoms with E-state index in [1.54, 1.807) is 0 Å². The monoisotopic (exact) mass is 302 g/mol. The van der Waals surface area contributed by atoms with Gasteiger partial charge in [-0.25, -0.2) is 0 Å². The summed E-state index contributed by atoms with van der Waals surface area (Å²) in [5.74, 6) is 0. The van der Waals surface area contributed by atoms with E-state index < -0.39 is 7.66 Å². The van der Waals surface area contributed by atoms with Crippen LogP contribution in [0.3, 0.4) is 0 Å². The molecule has 2 atom stereocenters. The van der Waals surface area contributed by atoms with E-state index in [2.05, 4.69) is 12.0 Å². The fraction of sp³-hybridized carbons (Fsp3) is 0.250. The minimum Gasteiger partial charge on any atom is -0.309 e. The second kappa shape index (κ2) is 6.44. The van der Waals surface area contributed by atoms with Crippen molar-refractivity contribution in [1.82, 2.24) is 0 Å². The largest absolute Gasteiger partial charge is 0.319 e. The average Bonchev–Trinajstić information content (AvgIpc) is 2.49. The van der Waals surface area contributed by atoms with Crippen molar-refractivity contribution in [1.29, 1.82) is 0 Å². The van der Waals surface area contributed by atoms with Crippen molar-refractivity contribution in [3.63, 3.8) is 0 Å². The van der Waals surface area contributed by atoms with E-state index >= 15 is 0 Å². The fourth-order valence-electron chi connectivity index (χ4n) is 2.13. The van der Waals surface area contributed by atoms with Crippen molar-refractivity contribution < 1.29 is 9.05 Å². The first kappa shape index (κ1) is 14.3. The fourth-order valence-corrected chi connectivity index (χ4v) is 4.32. The minimum absolute atomic E-state index is 0.135. The van der Waals surface area contributed by atoms with Gasteiger partial charge in [-0.15, -0.1) is 0 Å². The van der Waals surface area contributed by atoms with Crippen molar-refractivity contribution in [2.45, 2.75) is 19.4 Å². The van der Waals surface area contributed by atoms with Gasteiger partial charge in [-0.1, -0.05) is 36.4 Å². The predicted molar refractivity (Wildman–Crippen MR) is 86.6 cm³/mol. The molecule has 1 heterocycles. The third kappa shape index (κ3) is 3.73. The lowest BCUT2D eigenvalue weighted by Crippen LogP contribution is -2.20. The first-order valence-electron chi connectivity index (χ1n) is 7.09. The molecular weight excluding hydrogens is 283 g/mol. The molecule has 2 aromatic rings. The average molecular weight is 302 g/mol. The molecule has 0 radical (unpaired) electrons. The Bertz CT molecular complexity index is 631. The van der Waals surface area contributed by atoms with Gasteiger partial charge in [-0.3, -0.25) is 0 Å². The SMILES string of the molecule is CC1CCOP(=Nc2ccccc2)(Nc2ccccc2)O1. The lowest BCUT2D eigenvalue weighted by Gasteiger charge is -2.32. The highest BCUT2D eigenvalue weighted by Crippen LogP contribution is 2.57. The van der Waals surface area contributed by atoms with Gasteiger partial charge in [0.15, 0.2) is 0 Å². The zero-order valence-corrected chi connectivity index (χ0v) is 12.9. The van der Waals surface area contributed by atoms with Gasteiger partial charge in [-0.2, -0.15) is 4.74 Å². The summed E-state index contributed by atoms with van der Waals surface area (Å²) in [7, 11) is -2.52. The van der Waals surface area contributed by atoms with Gasteiger partial charge in [0.1, 0.15) is 0 Å². The van der Waals surface area contributed by atoms with E-state index in [9.17, 15) is 0 Å². The Hall–Kier alpha value is -1.61. The summed E-state index contributed by atoms with van der Waals surface area (Å²) in [5, 5.41) is 3.37. The number of rotatable bonds is 3. The zero-order valence-electron chi connectivity index (χ0n) is 12.0. The van der Waals surface area contributed by atoms with Gasteiger partial charge in [-0.05, 0) is 37.6 Å². The molecule has 1 aliphatic heterocycles. The van der Waals surface area contributed by atoms with Crippen molar-refractivity contribution >= 4 is 19.0 Å². The number of hydrogen-bond donors (Lipinski definition) is 1. The summed E-state index contributed by atoms with van der Waals surface area (Å²) in [6.07, 6.45) is 1.03. The molecule has 0 bridgehead atoms. The molecule has 1 saturated heterocycles. The number of nitrogens with one attached hydrogen (secondary N) is 1. The summed E-state index contributed by atoms with van der Waals surface area (Å²) in [4.78, 5) is 0. The Morgan fingerprint density at radius 2 is 1.71 bits per heavy atom. The zero-order chi connectivity index (χ0) is 14.5. The number of nitrogens with zero attached hydrogens (tertiary/aromatic N) is 1. The van der Waals surface area contributed by atoms with Crippen LogP contribution in [0.1, 0.15) is 13.3 Å². The van der Waals surface area contributed by atoms with Gasteiger partial charge in [0, 0.05) is 5.69 Å². The normalized spacial score (nSPS) is 25.3. The predicted octanol–water partition coefficient (Wildman–Crippen LogP) is 5.20. The molecule has 1 fully saturated rings. The third-order valence-corrected chi connectivity index (χ3v) is 5.37. The van der Waals surface area contributed by atoms with Crippen LogP contribution in [0, 0.1) is 0 Å². The maximum atomic E-state index is 6.09. The van der Waals surface area contributed by atoms with Crippen LogP contribution >= 0.6 is 7.66 Å². The highest BCUT2D eigenvalue weighted by Gasteiger charge is 2.30. The van der Waals surface area contributed by atoms with Crippen LogP contribution in [0.25, 0.3) is 0 Å². The summed E-state index contributed by atoms with van der Waals surface area (Å²) in [6, 6.07) is 19.7. The highest BCUT2D eigenvalue weighted by atomic mass is 31.2. The number of benzene rings is 2. The van der Waals surface area contributed by atoms with Gasteiger partial charge in [0.2, 0.25) is 0 Å². The van der Waals surface area contributed by atoms with E-state index in [0.29, 0.717) is 6.61 Å². The van der Waals surface area contributed by atoms with Crippen LogP contribution in [0.5, 0.6) is 0 Å². The minimum atomic E-state index is -2.52. The summed E-state index contributed by atoms with van der Waals surface area (Å²) in [5.41, 5.74) is 1.82. The Morgan fingerprint density at radius 1 is 1.05 bits per heavy atom. The molecule has 2 aromatic carbocycles. The molecule has 2 unspecified atom stereocenters. The lowest BCUT2D eigenvalue weighted by atomic mass is 10.3. The van der Waals surface area contributed by atoms with Crippen LogP contribution in [-0.2, 0) is 9.05 Å². The molecule has 1 N–H and O–H groups in total. The van der Waals surface area contributed by atoms with E-state index in [1.165, 1.54) is 0 Å².